The van der Waals surface area contributed by atoms with E-state index < -0.39 is 34.5 Å². The second kappa shape index (κ2) is 9.55. The third-order valence-corrected chi connectivity index (χ3v) is 12.6. The zero-order valence-electron chi connectivity index (χ0n) is 16.0. The van der Waals surface area contributed by atoms with Crippen molar-refractivity contribution in [1.82, 2.24) is 0 Å². The lowest BCUT2D eigenvalue weighted by Gasteiger charge is -2.39. The van der Waals surface area contributed by atoms with Gasteiger partial charge in [-0.1, -0.05) is 44.9 Å². The molecule has 0 N–H and O–H groups in total. The molecule has 1 saturated heterocycles. The van der Waals surface area contributed by atoms with Crippen molar-refractivity contribution in [3.05, 3.63) is 0 Å². The highest BCUT2D eigenvalue weighted by Crippen LogP contribution is 2.29. The Morgan fingerprint density at radius 3 is 1.92 bits per heavy atom. The highest BCUT2D eigenvalue weighted by Gasteiger charge is 2.47. The van der Waals surface area contributed by atoms with Crippen LogP contribution in [-0.4, -0.2) is 34.5 Å². The van der Waals surface area contributed by atoms with Crippen LogP contribution in [0.15, 0.2) is 0 Å². The number of hydrogen-bond acceptors (Lipinski definition) is 3. The Hall–Kier alpha value is -0.346. The maximum Gasteiger partial charge on any atom is 0.490 e. The number of carbonyl (C=O) groups is 1. The Bertz CT molecular complexity index is 426. The van der Waals surface area contributed by atoms with Crippen molar-refractivity contribution in [3.63, 3.8) is 0 Å². The van der Waals surface area contributed by atoms with E-state index in [9.17, 15) is 18.0 Å². The van der Waals surface area contributed by atoms with Crippen LogP contribution in [0.25, 0.3) is 0 Å². The van der Waals surface area contributed by atoms with Gasteiger partial charge in [-0.25, -0.2) is 4.79 Å². The van der Waals surface area contributed by atoms with Crippen LogP contribution < -0.4 is 0 Å². The van der Waals surface area contributed by atoms with Crippen LogP contribution in [0.3, 0.4) is 0 Å². The first-order valence-electron chi connectivity index (χ1n) is 9.42. The molecule has 0 saturated carbocycles. The van der Waals surface area contributed by atoms with Gasteiger partial charge in [-0.15, -0.1) is 0 Å². The van der Waals surface area contributed by atoms with E-state index in [-0.39, 0.29) is 0 Å². The summed E-state index contributed by atoms with van der Waals surface area (Å²) in [5.74, 6) is -2.08. The molecule has 1 fully saturated rings. The summed E-state index contributed by atoms with van der Waals surface area (Å²) in [6.45, 7) is 8.02. The Kier molecular flexibility index (Phi) is 8.67. The molecule has 1 rings (SSSR count). The van der Waals surface area contributed by atoms with Crippen molar-refractivity contribution in [2.45, 2.75) is 102 Å². The summed E-state index contributed by atoms with van der Waals surface area (Å²) in [7, 11) is -4.56. The van der Waals surface area contributed by atoms with E-state index in [0.29, 0.717) is 6.42 Å². The fourth-order valence-electron chi connectivity index (χ4n) is 3.51. The Balaban J connectivity index is 2.88. The molecular weight excluding hydrogens is 365 g/mol. The monoisotopic (exact) mass is 398 g/mol. The zero-order chi connectivity index (χ0) is 19.1. The van der Waals surface area contributed by atoms with Gasteiger partial charge < -0.3 is 8.85 Å². The predicted molar refractivity (Wildman–Crippen MR) is 98.3 cm³/mol. The van der Waals surface area contributed by atoms with Gasteiger partial charge in [-0.05, 0) is 45.1 Å². The summed E-state index contributed by atoms with van der Waals surface area (Å²) < 4.78 is 49.3. The van der Waals surface area contributed by atoms with Crippen molar-refractivity contribution in [1.29, 1.82) is 0 Å². The number of rotatable bonds is 1. The average Bonchev–Trinajstić information content (AvgIpc) is 2.44. The fourth-order valence-corrected chi connectivity index (χ4v) is 12.5. The number of hydrogen-bond donors (Lipinski definition) is 0. The van der Waals surface area contributed by atoms with Crippen LogP contribution in [0, 0.1) is 0 Å². The van der Waals surface area contributed by atoms with Gasteiger partial charge in [0.2, 0.25) is 8.32 Å². The summed E-state index contributed by atoms with van der Waals surface area (Å²) in [4.78, 5) is 11.4. The van der Waals surface area contributed by atoms with Gasteiger partial charge in [-0.2, -0.15) is 13.2 Å². The van der Waals surface area contributed by atoms with E-state index in [1.165, 1.54) is 25.7 Å². The molecular formula is C17H33F3O3Si2. The maximum absolute atomic E-state index is 12.7. The first-order valence-corrected chi connectivity index (χ1v) is 15.5. The molecule has 0 amide bonds. The molecule has 1 aliphatic rings. The fraction of sp³-hybridized carbons (Fsp3) is 0.941. The minimum absolute atomic E-state index is 0.464. The Morgan fingerprint density at radius 1 is 0.920 bits per heavy atom. The first-order chi connectivity index (χ1) is 11.4. The lowest BCUT2D eigenvalue weighted by Crippen LogP contribution is -2.54. The van der Waals surface area contributed by atoms with Crippen molar-refractivity contribution in [3.8, 4) is 0 Å². The van der Waals surface area contributed by atoms with Gasteiger partial charge >= 0.3 is 12.1 Å². The summed E-state index contributed by atoms with van der Waals surface area (Å²) in [5, 5.41) is 0. The molecule has 0 bridgehead atoms. The van der Waals surface area contributed by atoms with Crippen molar-refractivity contribution in [2.24, 2.45) is 0 Å². The normalized spacial score (nSPS) is 26.4. The highest BCUT2D eigenvalue weighted by atomic mass is 28.4. The lowest BCUT2D eigenvalue weighted by atomic mass is 10.1. The number of carbonyl (C=O) groups excluding carboxylic acids is 1. The van der Waals surface area contributed by atoms with Gasteiger partial charge in [-0.3, -0.25) is 0 Å². The maximum atomic E-state index is 12.7. The first kappa shape index (κ1) is 22.7. The summed E-state index contributed by atoms with van der Waals surface area (Å²) >= 11 is 0. The SMILES string of the molecule is C[Si]1(C)CCCCCCCCCCC(OC(=O)C(F)(F)F)[Si](C)(C)O1. The largest absolute Gasteiger partial charge is 0.490 e. The van der Waals surface area contributed by atoms with Gasteiger partial charge in [0, 0.05) is 0 Å². The van der Waals surface area contributed by atoms with Crippen LogP contribution in [0.4, 0.5) is 13.2 Å². The Labute approximate surface area is 151 Å². The minimum Gasteiger partial charge on any atom is -0.457 e. The average molecular weight is 399 g/mol. The van der Waals surface area contributed by atoms with Gasteiger partial charge in [0.1, 0.15) is 5.73 Å². The van der Waals surface area contributed by atoms with Crippen molar-refractivity contribution >= 4 is 22.6 Å². The van der Waals surface area contributed by atoms with E-state index >= 15 is 0 Å². The van der Waals surface area contributed by atoms with Crippen LogP contribution in [0.2, 0.25) is 32.2 Å². The highest BCUT2D eigenvalue weighted by molar-refractivity contribution is 6.85. The van der Waals surface area contributed by atoms with Gasteiger partial charge in [0.05, 0.1) is 0 Å². The summed E-state index contributed by atoms with van der Waals surface area (Å²) in [6.07, 6.45) is 4.27. The second-order valence-corrected chi connectivity index (χ2v) is 16.9. The lowest BCUT2D eigenvalue weighted by molar-refractivity contribution is -0.202. The topological polar surface area (TPSA) is 35.5 Å². The summed E-state index contributed by atoms with van der Waals surface area (Å²) in [6, 6.07) is 1.00. The van der Waals surface area contributed by atoms with Crippen LogP contribution in [-0.2, 0) is 13.6 Å². The van der Waals surface area contributed by atoms with Crippen molar-refractivity contribution < 1.29 is 26.8 Å². The van der Waals surface area contributed by atoms with Crippen molar-refractivity contribution in [2.75, 3.05) is 0 Å². The zero-order valence-corrected chi connectivity index (χ0v) is 18.0. The minimum atomic E-state index is -4.95. The quantitative estimate of drug-likeness (QED) is 0.404. The molecule has 1 heterocycles. The second-order valence-electron chi connectivity index (χ2n) is 8.22. The van der Waals surface area contributed by atoms with E-state index in [1.807, 2.05) is 13.1 Å². The Morgan fingerprint density at radius 2 is 1.40 bits per heavy atom. The molecule has 3 nitrogen and oxygen atoms in total. The number of esters is 1. The molecule has 148 valence electrons. The molecule has 25 heavy (non-hydrogen) atoms. The smallest absolute Gasteiger partial charge is 0.457 e. The van der Waals surface area contributed by atoms with E-state index in [4.69, 9.17) is 8.85 Å². The van der Waals surface area contributed by atoms with Crippen LogP contribution in [0.1, 0.15) is 57.8 Å². The van der Waals surface area contributed by atoms with Gasteiger partial charge in [0.25, 0.3) is 0 Å². The number of halogens is 3. The van der Waals surface area contributed by atoms with Crippen LogP contribution >= 0.6 is 0 Å². The van der Waals surface area contributed by atoms with E-state index in [2.05, 4.69) is 13.1 Å². The molecule has 1 unspecified atom stereocenters. The summed E-state index contributed by atoms with van der Waals surface area (Å²) in [5.41, 5.74) is -0.739. The van der Waals surface area contributed by atoms with E-state index in [1.54, 1.807) is 0 Å². The molecule has 0 aromatic heterocycles. The predicted octanol–water partition coefficient (Wildman–Crippen LogP) is 5.95. The number of alkyl halides is 3. The van der Waals surface area contributed by atoms with Crippen LogP contribution in [0.5, 0.6) is 0 Å². The standard InChI is InChI=1S/C17H33F3O3Si2/c1-24(2)14-12-10-8-6-5-7-9-11-13-15(25(3,4)23-24)22-16(21)17(18,19)20/h15H,5-14H2,1-4H3. The third kappa shape index (κ3) is 8.72. The molecule has 0 aliphatic carbocycles. The molecule has 0 spiro atoms. The van der Waals surface area contributed by atoms with Gasteiger partial charge in [0.15, 0.2) is 8.32 Å². The van der Waals surface area contributed by atoms with E-state index in [0.717, 1.165) is 31.7 Å². The molecule has 0 radical (unpaired) electrons. The molecule has 8 heteroatoms. The molecule has 1 aliphatic heterocycles. The molecule has 1 atom stereocenters. The molecule has 0 aromatic rings. The molecule has 0 aromatic carbocycles. The number of ether oxygens (including phenoxy) is 1. The third-order valence-electron chi connectivity index (χ3n) is 4.79.